The lowest BCUT2D eigenvalue weighted by Crippen LogP contribution is -2.22. The van der Waals surface area contributed by atoms with E-state index >= 15 is 0 Å². The van der Waals surface area contributed by atoms with Crippen LogP contribution in [0.2, 0.25) is 0 Å². The topological polar surface area (TPSA) is 38.3 Å². The molecule has 1 aliphatic rings. The van der Waals surface area contributed by atoms with Crippen molar-refractivity contribution in [3.8, 4) is 0 Å². The smallest absolute Gasteiger partial charge is 0.222 e. The number of ether oxygens (including phenoxy) is 1. The number of amides is 1. The van der Waals surface area contributed by atoms with Crippen LogP contribution in [0.1, 0.15) is 25.7 Å². The van der Waals surface area contributed by atoms with Crippen LogP contribution in [0.3, 0.4) is 0 Å². The zero-order valence-corrected chi connectivity index (χ0v) is 7.64. The molecule has 0 atom stereocenters. The quantitative estimate of drug-likeness (QED) is 0.625. The second kappa shape index (κ2) is 5.14. The van der Waals surface area contributed by atoms with E-state index in [0.29, 0.717) is 13.0 Å². The van der Waals surface area contributed by atoms with Crippen LogP contribution in [0.4, 0.5) is 0 Å². The molecule has 12 heavy (non-hydrogen) atoms. The van der Waals surface area contributed by atoms with Gasteiger partial charge in [-0.05, 0) is 18.8 Å². The number of nitrogens with one attached hydrogen (secondary N) is 1. The molecule has 1 N–H and O–H groups in total. The molecule has 3 heteroatoms. The third-order valence-corrected chi connectivity index (χ3v) is 2.33. The van der Waals surface area contributed by atoms with Crippen molar-refractivity contribution in [2.75, 3.05) is 20.3 Å². The Balaban J connectivity index is 1.85. The molecular formula is C9H17NO2. The van der Waals surface area contributed by atoms with Gasteiger partial charge in [-0.15, -0.1) is 0 Å². The van der Waals surface area contributed by atoms with E-state index in [9.17, 15) is 4.79 Å². The van der Waals surface area contributed by atoms with Crippen LogP contribution in [0.5, 0.6) is 0 Å². The molecule has 0 aromatic rings. The normalized spacial score (nSPS) is 17.1. The summed E-state index contributed by atoms with van der Waals surface area (Å²) >= 11 is 0. The number of carbonyl (C=O) groups excluding carboxylic acids is 1. The van der Waals surface area contributed by atoms with Gasteiger partial charge in [-0.25, -0.2) is 0 Å². The lowest BCUT2D eigenvalue weighted by molar-refractivity contribution is -0.121. The maximum Gasteiger partial charge on any atom is 0.222 e. The highest BCUT2D eigenvalue weighted by Crippen LogP contribution is 2.26. The van der Waals surface area contributed by atoms with Gasteiger partial charge in [0.1, 0.15) is 0 Å². The molecule has 0 bridgehead atoms. The second-order valence-electron chi connectivity index (χ2n) is 3.30. The summed E-state index contributed by atoms with van der Waals surface area (Å²) in [7, 11) is 1.65. The molecule has 1 saturated carbocycles. The fourth-order valence-corrected chi connectivity index (χ4v) is 1.20. The average Bonchev–Trinajstić information content (AvgIpc) is 2.00. The predicted molar refractivity (Wildman–Crippen MR) is 46.8 cm³/mol. The number of carbonyl (C=O) groups is 1. The zero-order chi connectivity index (χ0) is 8.81. The lowest BCUT2D eigenvalue weighted by Gasteiger charge is -2.24. The molecule has 0 radical (unpaired) electrons. The maximum atomic E-state index is 10.7. The molecule has 0 heterocycles. The van der Waals surface area contributed by atoms with Crippen LogP contribution in [-0.4, -0.2) is 26.2 Å². The molecule has 1 aliphatic carbocycles. The first-order valence-corrected chi connectivity index (χ1v) is 4.61. The Kier molecular flexibility index (Phi) is 4.08. The van der Waals surface area contributed by atoms with Crippen molar-refractivity contribution in [1.29, 1.82) is 0 Å². The van der Waals surface area contributed by atoms with Crippen molar-refractivity contribution in [1.82, 2.24) is 5.32 Å². The van der Waals surface area contributed by atoms with Crippen LogP contribution in [0, 0.1) is 5.92 Å². The molecule has 0 aromatic carbocycles. The third-order valence-electron chi connectivity index (χ3n) is 2.33. The first kappa shape index (κ1) is 9.52. The summed E-state index contributed by atoms with van der Waals surface area (Å²) in [5, 5.41) is 2.56. The Labute approximate surface area is 73.5 Å². The van der Waals surface area contributed by atoms with E-state index in [1.807, 2.05) is 0 Å². The van der Waals surface area contributed by atoms with Gasteiger partial charge in [0.2, 0.25) is 5.91 Å². The van der Waals surface area contributed by atoms with Gasteiger partial charge in [-0.1, -0.05) is 6.42 Å². The highest BCUT2D eigenvalue weighted by Gasteiger charge is 2.16. The molecule has 0 aromatic heterocycles. The van der Waals surface area contributed by atoms with Crippen LogP contribution in [0.15, 0.2) is 0 Å². The van der Waals surface area contributed by atoms with Crippen LogP contribution in [-0.2, 0) is 9.53 Å². The number of rotatable bonds is 5. The van der Waals surface area contributed by atoms with Crippen molar-refractivity contribution in [2.45, 2.75) is 25.7 Å². The largest absolute Gasteiger partial charge is 0.381 e. The van der Waals surface area contributed by atoms with E-state index in [1.54, 1.807) is 7.05 Å². The summed E-state index contributed by atoms with van der Waals surface area (Å²) in [6.45, 7) is 1.41. The van der Waals surface area contributed by atoms with Crippen LogP contribution in [0.25, 0.3) is 0 Å². The van der Waals surface area contributed by atoms with E-state index in [1.165, 1.54) is 19.3 Å². The molecular weight excluding hydrogens is 154 g/mol. The summed E-state index contributed by atoms with van der Waals surface area (Å²) in [6, 6.07) is 0. The molecule has 0 spiro atoms. The van der Waals surface area contributed by atoms with E-state index in [-0.39, 0.29) is 5.91 Å². The minimum atomic E-state index is 0.0589. The SMILES string of the molecule is CNC(=O)CCOCC1CCC1. The minimum Gasteiger partial charge on any atom is -0.381 e. The Morgan fingerprint density at radius 3 is 2.83 bits per heavy atom. The van der Waals surface area contributed by atoms with Gasteiger partial charge in [0.15, 0.2) is 0 Å². The van der Waals surface area contributed by atoms with Gasteiger partial charge < -0.3 is 10.1 Å². The molecule has 1 rings (SSSR count). The Morgan fingerprint density at radius 1 is 1.58 bits per heavy atom. The van der Waals surface area contributed by atoms with Gasteiger partial charge >= 0.3 is 0 Å². The monoisotopic (exact) mass is 171 g/mol. The molecule has 0 saturated heterocycles. The lowest BCUT2D eigenvalue weighted by atomic mass is 9.86. The highest BCUT2D eigenvalue weighted by atomic mass is 16.5. The van der Waals surface area contributed by atoms with E-state index in [4.69, 9.17) is 4.74 Å². The van der Waals surface area contributed by atoms with Gasteiger partial charge in [0.05, 0.1) is 6.61 Å². The molecule has 0 aliphatic heterocycles. The summed E-state index contributed by atoms with van der Waals surface area (Å²) in [5.41, 5.74) is 0. The first-order valence-electron chi connectivity index (χ1n) is 4.61. The van der Waals surface area contributed by atoms with E-state index in [0.717, 1.165) is 12.5 Å². The number of hydrogen-bond donors (Lipinski definition) is 1. The summed E-state index contributed by atoms with van der Waals surface area (Å²) < 4.78 is 5.35. The van der Waals surface area contributed by atoms with Gasteiger partial charge in [0.25, 0.3) is 0 Å². The molecule has 70 valence electrons. The van der Waals surface area contributed by atoms with Crippen molar-refractivity contribution in [3.05, 3.63) is 0 Å². The van der Waals surface area contributed by atoms with Crippen molar-refractivity contribution >= 4 is 5.91 Å². The van der Waals surface area contributed by atoms with E-state index in [2.05, 4.69) is 5.32 Å². The van der Waals surface area contributed by atoms with Crippen LogP contribution >= 0.6 is 0 Å². The second-order valence-corrected chi connectivity index (χ2v) is 3.30. The van der Waals surface area contributed by atoms with Gasteiger partial charge in [0, 0.05) is 20.1 Å². The Morgan fingerprint density at radius 2 is 2.33 bits per heavy atom. The van der Waals surface area contributed by atoms with Crippen LogP contribution < -0.4 is 5.32 Å². The molecule has 0 unspecified atom stereocenters. The molecule has 1 fully saturated rings. The van der Waals surface area contributed by atoms with E-state index < -0.39 is 0 Å². The molecule has 1 amide bonds. The van der Waals surface area contributed by atoms with Crippen molar-refractivity contribution in [2.24, 2.45) is 5.92 Å². The fraction of sp³-hybridized carbons (Fsp3) is 0.889. The van der Waals surface area contributed by atoms with Crippen molar-refractivity contribution in [3.63, 3.8) is 0 Å². The first-order chi connectivity index (χ1) is 5.83. The zero-order valence-electron chi connectivity index (χ0n) is 7.64. The van der Waals surface area contributed by atoms with Gasteiger partial charge in [-0.3, -0.25) is 4.79 Å². The summed E-state index contributed by atoms with van der Waals surface area (Å²) in [6.07, 6.45) is 4.45. The Bertz CT molecular complexity index is 143. The third kappa shape index (κ3) is 3.22. The Hall–Kier alpha value is -0.570. The number of hydrogen-bond acceptors (Lipinski definition) is 2. The average molecular weight is 171 g/mol. The minimum absolute atomic E-state index is 0.0589. The van der Waals surface area contributed by atoms with Crippen molar-refractivity contribution < 1.29 is 9.53 Å². The van der Waals surface area contributed by atoms with Gasteiger partial charge in [-0.2, -0.15) is 0 Å². The summed E-state index contributed by atoms with van der Waals surface area (Å²) in [5.74, 6) is 0.832. The predicted octanol–water partition coefficient (Wildman–Crippen LogP) is 0.939. The maximum absolute atomic E-state index is 10.7. The summed E-state index contributed by atoms with van der Waals surface area (Å²) in [4.78, 5) is 10.7. The highest BCUT2D eigenvalue weighted by molar-refractivity contribution is 5.75. The standard InChI is InChI=1S/C9H17NO2/c1-10-9(11)5-6-12-7-8-3-2-4-8/h8H,2-7H2,1H3,(H,10,11). The molecule has 3 nitrogen and oxygen atoms in total. The fourth-order valence-electron chi connectivity index (χ4n) is 1.20.